The van der Waals surface area contributed by atoms with E-state index in [1.54, 1.807) is 0 Å². The first-order chi connectivity index (χ1) is 4.61. The van der Waals surface area contributed by atoms with Crippen LogP contribution in [0.4, 0.5) is 0 Å². The van der Waals surface area contributed by atoms with Crippen molar-refractivity contribution in [3.05, 3.63) is 0 Å². The van der Waals surface area contributed by atoms with Gasteiger partial charge in [0.05, 0.1) is 5.25 Å². The van der Waals surface area contributed by atoms with Crippen molar-refractivity contribution in [2.75, 3.05) is 0 Å². The van der Waals surface area contributed by atoms with Crippen molar-refractivity contribution in [1.29, 1.82) is 0 Å². The zero-order valence-electron chi connectivity index (χ0n) is 5.75. The summed E-state index contributed by atoms with van der Waals surface area (Å²) in [6, 6.07) is 0. The molecule has 59 valence electrons. The van der Waals surface area contributed by atoms with Crippen molar-refractivity contribution < 1.29 is 13.0 Å². The zero-order chi connectivity index (χ0) is 7.61. The van der Waals surface area contributed by atoms with Crippen LogP contribution in [0.15, 0.2) is 0 Å². The van der Waals surface area contributed by atoms with Crippen molar-refractivity contribution in [3.8, 4) is 0 Å². The Labute approximate surface area is 61.2 Å². The van der Waals surface area contributed by atoms with Crippen LogP contribution in [0, 0.1) is 0 Å². The maximum absolute atomic E-state index is 10.4. The van der Waals surface area contributed by atoms with Crippen LogP contribution in [0.5, 0.6) is 0 Å². The Bertz CT molecular complexity index is 189. The molecule has 0 aliphatic heterocycles. The Morgan fingerprint density at radius 3 is 1.80 bits per heavy atom. The molecule has 1 aliphatic carbocycles. The minimum atomic E-state index is -3.98. The third-order valence-corrected chi connectivity index (χ3v) is 3.25. The Kier molecular flexibility index (Phi) is 2.31. The summed E-state index contributed by atoms with van der Waals surface area (Å²) in [6.07, 6.45) is 4.02. The van der Waals surface area contributed by atoms with E-state index in [-0.39, 0.29) is 0 Å². The molecule has 1 fully saturated rings. The van der Waals surface area contributed by atoms with Gasteiger partial charge in [0, 0.05) is 0 Å². The largest absolute Gasteiger partial charge is 0.297 e. The number of hydrogen-bond donors (Lipinski definition) is 0. The Hall–Kier alpha value is -0.0900. The minimum absolute atomic E-state index is 0.575. The van der Waals surface area contributed by atoms with Gasteiger partial charge in [-0.3, -0.25) is 0 Å². The van der Waals surface area contributed by atoms with E-state index < -0.39 is 15.4 Å². The standard InChI is InChI=1S/C6H11O3S/c7-10(8,9)6-4-2-1-3-5-6/h6H,1-5H2. The van der Waals surface area contributed by atoms with Crippen molar-refractivity contribution in [1.82, 2.24) is 0 Å². The Morgan fingerprint density at radius 1 is 1.00 bits per heavy atom. The lowest BCUT2D eigenvalue weighted by atomic mass is 10.0. The van der Waals surface area contributed by atoms with Gasteiger partial charge in [0.2, 0.25) is 0 Å². The predicted molar refractivity (Wildman–Crippen MR) is 36.5 cm³/mol. The molecule has 4 heteroatoms. The molecule has 3 nitrogen and oxygen atoms in total. The van der Waals surface area contributed by atoms with E-state index in [0.29, 0.717) is 12.8 Å². The molecule has 0 aromatic heterocycles. The average molecular weight is 163 g/mol. The highest BCUT2D eigenvalue weighted by atomic mass is 32.2. The van der Waals surface area contributed by atoms with Gasteiger partial charge in [0.15, 0.2) is 0 Å². The van der Waals surface area contributed by atoms with Crippen LogP contribution in [0.25, 0.3) is 0 Å². The van der Waals surface area contributed by atoms with E-state index in [9.17, 15) is 13.0 Å². The minimum Gasteiger partial charge on any atom is -0.197 e. The molecule has 0 atom stereocenters. The van der Waals surface area contributed by atoms with Gasteiger partial charge in [-0.25, -0.2) is 0 Å². The summed E-state index contributed by atoms with van der Waals surface area (Å²) in [5.74, 6) is 0. The molecule has 0 aromatic rings. The zero-order valence-corrected chi connectivity index (χ0v) is 6.56. The Morgan fingerprint density at radius 2 is 1.50 bits per heavy atom. The fourth-order valence-corrected chi connectivity index (χ4v) is 2.26. The second kappa shape index (κ2) is 2.88. The maximum Gasteiger partial charge on any atom is 0.297 e. The average Bonchev–Trinajstić information content (AvgIpc) is 1.88. The fourth-order valence-electron chi connectivity index (χ4n) is 1.35. The van der Waals surface area contributed by atoms with Crippen molar-refractivity contribution in [2.24, 2.45) is 0 Å². The molecular formula is C6H11O3S. The highest BCUT2D eigenvalue weighted by molar-refractivity contribution is 7.86. The highest BCUT2D eigenvalue weighted by Crippen LogP contribution is 2.22. The van der Waals surface area contributed by atoms with Gasteiger partial charge in [-0.15, -0.1) is 0 Å². The predicted octanol–water partition coefficient (Wildman–Crippen LogP) is 1.08. The molecule has 0 bridgehead atoms. The van der Waals surface area contributed by atoms with E-state index in [0.717, 1.165) is 19.3 Å². The Balaban J connectivity index is 2.56. The third kappa shape index (κ3) is 1.95. The van der Waals surface area contributed by atoms with Gasteiger partial charge in [0.1, 0.15) is 0 Å². The number of hydrogen-bond acceptors (Lipinski definition) is 2. The molecule has 0 N–H and O–H groups in total. The molecule has 10 heavy (non-hydrogen) atoms. The van der Waals surface area contributed by atoms with Crippen LogP contribution in [0.3, 0.4) is 0 Å². The summed E-state index contributed by atoms with van der Waals surface area (Å²) in [5.41, 5.74) is 0. The summed E-state index contributed by atoms with van der Waals surface area (Å²) in [4.78, 5) is 0. The van der Waals surface area contributed by atoms with Gasteiger partial charge in [0.25, 0.3) is 10.1 Å². The van der Waals surface area contributed by atoms with E-state index >= 15 is 0 Å². The molecular weight excluding hydrogens is 152 g/mol. The second-order valence-corrected chi connectivity index (χ2v) is 4.41. The first-order valence-corrected chi connectivity index (χ1v) is 5.02. The highest BCUT2D eigenvalue weighted by Gasteiger charge is 2.25. The van der Waals surface area contributed by atoms with Crippen LogP contribution in [-0.4, -0.2) is 13.7 Å². The van der Waals surface area contributed by atoms with Gasteiger partial charge >= 0.3 is 0 Å². The molecule has 0 aromatic carbocycles. The summed E-state index contributed by atoms with van der Waals surface area (Å²) in [6.45, 7) is 0. The summed E-state index contributed by atoms with van der Waals surface area (Å²) in [5, 5.41) is -0.582. The van der Waals surface area contributed by atoms with Gasteiger partial charge in [-0.1, -0.05) is 23.8 Å². The number of rotatable bonds is 1. The molecule has 1 rings (SSSR count). The summed E-state index contributed by atoms with van der Waals surface area (Å²) >= 11 is 0. The molecule has 0 saturated heterocycles. The van der Waals surface area contributed by atoms with E-state index in [1.165, 1.54) is 0 Å². The van der Waals surface area contributed by atoms with Crippen LogP contribution in [0.2, 0.25) is 0 Å². The van der Waals surface area contributed by atoms with Crippen LogP contribution < -0.4 is 0 Å². The SMILES string of the molecule is [O]S(=O)(=O)C1CCCCC1. The topological polar surface area (TPSA) is 54.0 Å². The lowest BCUT2D eigenvalue weighted by Crippen LogP contribution is -2.21. The quantitative estimate of drug-likeness (QED) is 0.580. The molecule has 0 amide bonds. The molecule has 0 unspecified atom stereocenters. The van der Waals surface area contributed by atoms with Gasteiger partial charge in [-0.2, -0.15) is 8.42 Å². The van der Waals surface area contributed by atoms with Gasteiger partial charge in [-0.05, 0) is 12.8 Å². The smallest absolute Gasteiger partial charge is 0.197 e. The van der Waals surface area contributed by atoms with Crippen LogP contribution >= 0.6 is 0 Å². The maximum atomic E-state index is 10.4. The molecule has 1 radical (unpaired) electrons. The molecule has 1 aliphatic rings. The van der Waals surface area contributed by atoms with Gasteiger partial charge < -0.3 is 0 Å². The van der Waals surface area contributed by atoms with E-state index in [1.807, 2.05) is 0 Å². The van der Waals surface area contributed by atoms with Crippen LogP contribution in [-0.2, 0) is 14.7 Å². The van der Waals surface area contributed by atoms with Crippen molar-refractivity contribution >= 4 is 10.1 Å². The summed E-state index contributed by atoms with van der Waals surface area (Å²) in [7, 11) is -3.98. The van der Waals surface area contributed by atoms with E-state index in [2.05, 4.69) is 0 Å². The lowest BCUT2D eigenvalue weighted by molar-refractivity contribution is 0.379. The summed E-state index contributed by atoms with van der Waals surface area (Å²) < 4.78 is 31.3. The molecule has 1 saturated carbocycles. The molecule has 0 heterocycles. The lowest BCUT2D eigenvalue weighted by Gasteiger charge is -2.16. The van der Waals surface area contributed by atoms with Crippen LogP contribution in [0.1, 0.15) is 32.1 Å². The van der Waals surface area contributed by atoms with Crippen molar-refractivity contribution in [3.63, 3.8) is 0 Å². The molecule has 0 spiro atoms. The van der Waals surface area contributed by atoms with Crippen molar-refractivity contribution in [2.45, 2.75) is 37.4 Å². The van der Waals surface area contributed by atoms with E-state index in [4.69, 9.17) is 0 Å². The third-order valence-electron chi connectivity index (χ3n) is 1.96. The first kappa shape index (κ1) is 8.01. The monoisotopic (exact) mass is 163 g/mol. The normalized spacial score (nSPS) is 22.9. The second-order valence-electron chi connectivity index (χ2n) is 2.75. The fraction of sp³-hybridized carbons (Fsp3) is 1.00. The first-order valence-electron chi connectivity index (χ1n) is 3.55.